The molecule has 0 aliphatic heterocycles. The Morgan fingerprint density at radius 1 is 1.21 bits per heavy atom. The number of carbonyl (C=O) groups excluding carboxylic acids is 1. The molecule has 0 heterocycles. The third kappa shape index (κ3) is 3.75. The first kappa shape index (κ1) is 15.6. The second kappa shape index (κ2) is 6.63. The van der Waals surface area contributed by atoms with Crippen LogP contribution in [-0.2, 0) is 24.8 Å². The van der Waals surface area contributed by atoms with Gasteiger partial charge in [0.2, 0.25) is 0 Å². The normalized spacial score (nSPS) is 11.4. The minimum atomic E-state index is -1.15. The minimum absolute atomic E-state index is 0.119. The zero-order valence-electron chi connectivity index (χ0n) is 11.7. The Hall–Kier alpha value is -1.46. The number of hydrogen-bond donors (Lipinski definition) is 0. The van der Waals surface area contributed by atoms with Crippen LogP contribution < -0.4 is 0 Å². The van der Waals surface area contributed by atoms with Gasteiger partial charge in [0.05, 0.1) is 13.5 Å². The number of methoxy groups -OCH3 is 3. The monoisotopic (exact) mass is 270 g/mol. The van der Waals surface area contributed by atoms with Crippen molar-refractivity contribution in [2.75, 3.05) is 21.3 Å². The summed E-state index contributed by atoms with van der Waals surface area (Å²) in [5.74, 6) is -1.89. The number of hydrogen-bond acceptors (Lipinski definition) is 4. The Morgan fingerprint density at radius 2 is 1.84 bits per heavy atom. The van der Waals surface area contributed by atoms with Gasteiger partial charge in [0.1, 0.15) is 5.82 Å². The SMILES string of the molecule is COC(=O)CCC(OC)(OC)c1cc(C)cc(F)c1. The number of aryl methyl sites for hydroxylation is 1. The Bertz CT molecular complexity index is 421. The minimum Gasteiger partial charge on any atom is -0.469 e. The average Bonchev–Trinajstić information content (AvgIpc) is 2.39. The van der Waals surface area contributed by atoms with E-state index in [1.165, 1.54) is 33.5 Å². The highest BCUT2D eigenvalue weighted by Crippen LogP contribution is 2.32. The van der Waals surface area contributed by atoms with Crippen LogP contribution in [0.1, 0.15) is 24.0 Å². The topological polar surface area (TPSA) is 44.8 Å². The van der Waals surface area contributed by atoms with Crippen LogP contribution in [0.4, 0.5) is 4.39 Å². The van der Waals surface area contributed by atoms with Crippen molar-refractivity contribution in [3.8, 4) is 0 Å². The summed E-state index contributed by atoms with van der Waals surface area (Å²) < 4.78 is 28.8. The molecule has 0 unspecified atom stereocenters. The van der Waals surface area contributed by atoms with Crippen molar-refractivity contribution in [1.82, 2.24) is 0 Å². The molecule has 0 spiro atoms. The highest BCUT2D eigenvalue weighted by molar-refractivity contribution is 5.69. The summed E-state index contributed by atoms with van der Waals surface area (Å²) in [6.45, 7) is 1.78. The molecule has 4 nitrogen and oxygen atoms in total. The quantitative estimate of drug-likeness (QED) is 0.588. The van der Waals surface area contributed by atoms with Crippen LogP contribution in [0.2, 0.25) is 0 Å². The van der Waals surface area contributed by atoms with Crippen LogP contribution in [-0.4, -0.2) is 27.3 Å². The molecular formula is C14H19FO4. The predicted octanol–water partition coefficient (Wildman–Crippen LogP) is 2.53. The van der Waals surface area contributed by atoms with Crippen molar-refractivity contribution in [3.05, 3.63) is 35.1 Å². The molecule has 1 aromatic rings. The van der Waals surface area contributed by atoms with Crippen LogP contribution in [0.5, 0.6) is 0 Å². The highest BCUT2D eigenvalue weighted by Gasteiger charge is 2.33. The fourth-order valence-electron chi connectivity index (χ4n) is 1.99. The second-order valence-corrected chi connectivity index (χ2v) is 4.25. The van der Waals surface area contributed by atoms with E-state index in [1.54, 1.807) is 13.0 Å². The van der Waals surface area contributed by atoms with Crippen molar-refractivity contribution >= 4 is 5.97 Å². The number of esters is 1. The van der Waals surface area contributed by atoms with Gasteiger partial charge < -0.3 is 14.2 Å². The molecule has 106 valence electrons. The molecule has 0 N–H and O–H groups in total. The van der Waals surface area contributed by atoms with E-state index in [0.29, 0.717) is 5.56 Å². The standard InChI is InChI=1S/C14H19FO4/c1-10-7-11(9-12(15)8-10)14(18-3,19-4)6-5-13(16)17-2/h7-9H,5-6H2,1-4H3. The van der Waals surface area contributed by atoms with E-state index in [9.17, 15) is 9.18 Å². The smallest absolute Gasteiger partial charge is 0.305 e. The zero-order valence-corrected chi connectivity index (χ0v) is 11.7. The van der Waals surface area contributed by atoms with Gasteiger partial charge in [-0.2, -0.15) is 0 Å². The fourth-order valence-corrected chi connectivity index (χ4v) is 1.99. The predicted molar refractivity (Wildman–Crippen MR) is 68.1 cm³/mol. The lowest BCUT2D eigenvalue weighted by atomic mass is 9.98. The van der Waals surface area contributed by atoms with Crippen LogP contribution >= 0.6 is 0 Å². The van der Waals surface area contributed by atoms with Crippen molar-refractivity contribution in [1.29, 1.82) is 0 Å². The molecule has 0 aliphatic carbocycles. The van der Waals surface area contributed by atoms with E-state index in [0.717, 1.165) is 5.56 Å². The number of ether oxygens (including phenoxy) is 3. The summed E-state index contributed by atoms with van der Waals surface area (Å²) in [5, 5.41) is 0. The molecule has 0 radical (unpaired) electrons. The second-order valence-electron chi connectivity index (χ2n) is 4.25. The average molecular weight is 270 g/mol. The number of carbonyl (C=O) groups is 1. The molecule has 1 rings (SSSR count). The number of halogens is 1. The van der Waals surface area contributed by atoms with E-state index in [2.05, 4.69) is 4.74 Å². The summed E-state index contributed by atoms with van der Waals surface area (Å²) in [7, 11) is 4.23. The van der Waals surface area contributed by atoms with Crippen LogP contribution in [0.25, 0.3) is 0 Å². The van der Waals surface area contributed by atoms with E-state index < -0.39 is 5.79 Å². The molecule has 1 aromatic carbocycles. The van der Waals surface area contributed by atoms with E-state index in [-0.39, 0.29) is 24.6 Å². The van der Waals surface area contributed by atoms with Gasteiger partial charge >= 0.3 is 5.97 Å². The first-order valence-electron chi connectivity index (χ1n) is 5.92. The van der Waals surface area contributed by atoms with Gasteiger partial charge in [-0.05, 0) is 24.6 Å². The molecule has 0 saturated carbocycles. The van der Waals surface area contributed by atoms with Crippen molar-refractivity contribution in [3.63, 3.8) is 0 Å². The van der Waals surface area contributed by atoms with Gasteiger partial charge in [-0.15, -0.1) is 0 Å². The number of benzene rings is 1. The van der Waals surface area contributed by atoms with Gasteiger partial charge in [-0.25, -0.2) is 4.39 Å². The Balaban J connectivity index is 3.06. The van der Waals surface area contributed by atoms with E-state index in [4.69, 9.17) is 9.47 Å². The molecular weight excluding hydrogens is 251 g/mol. The Kier molecular flexibility index (Phi) is 5.44. The molecule has 5 heteroatoms. The lowest BCUT2D eigenvalue weighted by Crippen LogP contribution is -2.32. The first-order valence-corrected chi connectivity index (χ1v) is 5.92. The van der Waals surface area contributed by atoms with Gasteiger partial charge in [0.25, 0.3) is 0 Å². The maximum absolute atomic E-state index is 13.5. The molecule has 0 atom stereocenters. The lowest BCUT2D eigenvalue weighted by molar-refractivity contribution is -0.222. The van der Waals surface area contributed by atoms with Gasteiger partial charge in [0, 0.05) is 26.2 Å². The molecule has 0 fully saturated rings. The Morgan fingerprint density at radius 3 is 2.32 bits per heavy atom. The summed E-state index contributed by atoms with van der Waals surface area (Å²) >= 11 is 0. The summed E-state index contributed by atoms with van der Waals surface area (Å²) in [5.41, 5.74) is 1.30. The van der Waals surface area contributed by atoms with Crippen LogP contribution in [0, 0.1) is 12.7 Å². The van der Waals surface area contributed by atoms with Crippen molar-refractivity contribution in [2.24, 2.45) is 0 Å². The molecule has 0 aliphatic rings. The Labute approximate surface area is 112 Å². The van der Waals surface area contributed by atoms with Crippen LogP contribution in [0.3, 0.4) is 0 Å². The zero-order chi connectivity index (χ0) is 14.5. The molecule has 19 heavy (non-hydrogen) atoms. The summed E-state index contributed by atoms with van der Waals surface area (Å²) in [4.78, 5) is 11.2. The summed E-state index contributed by atoms with van der Waals surface area (Å²) in [6.07, 6.45) is 0.364. The molecule has 0 saturated heterocycles. The maximum Gasteiger partial charge on any atom is 0.305 e. The third-order valence-electron chi connectivity index (χ3n) is 3.03. The van der Waals surface area contributed by atoms with Gasteiger partial charge in [-0.3, -0.25) is 4.79 Å². The maximum atomic E-state index is 13.5. The third-order valence-corrected chi connectivity index (χ3v) is 3.03. The molecule has 0 bridgehead atoms. The summed E-state index contributed by atoms with van der Waals surface area (Å²) in [6, 6.07) is 4.53. The lowest BCUT2D eigenvalue weighted by Gasteiger charge is -2.31. The molecule has 0 amide bonds. The number of rotatable bonds is 6. The molecule has 0 aromatic heterocycles. The van der Waals surface area contributed by atoms with E-state index in [1.807, 2.05) is 0 Å². The fraction of sp³-hybridized carbons (Fsp3) is 0.500. The van der Waals surface area contributed by atoms with Gasteiger partial charge in [-0.1, -0.05) is 6.07 Å². The van der Waals surface area contributed by atoms with Crippen LogP contribution in [0.15, 0.2) is 18.2 Å². The van der Waals surface area contributed by atoms with Crippen molar-refractivity contribution < 1.29 is 23.4 Å². The van der Waals surface area contributed by atoms with Crippen molar-refractivity contribution in [2.45, 2.75) is 25.6 Å². The highest BCUT2D eigenvalue weighted by atomic mass is 19.1. The largest absolute Gasteiger partial charge is 0.469 e. The van der Waals surface area contributed by atoms with Gasteiger partial charge in [0.15, 0.2) is 5.79 Å². The van der Waals surface area contributed by atoms with E-state index >= 15 is 0 Å². The first-order chi connectivity index (χ1) is 8.97.